The lowest BCUT2D eigenvalue weighted by Crippen LogP contribution is -2.04. The van der Waals surface area contributed by atoms with Crippen LogP contribution in [-0.4, -0.2) is 0 Å². The van der Waals surface area contributed by atoms with E-state index in [1.807, 2.05) is 0 Å². The number of rotatable bonds is 4. The molecule has 0 heteroatoms. The largest absolute Gasteiger partial charge is 0.0625 e. The molecule has 1 rings (SSSR count). The lowest BCUT2D eigenvalue weighted by Gasteiger charge is -2.18. The summed E-state index contributed by atoms with van der Waals surface area (Å²) in [6.07, 6.45) is 2.35. The molecule has 0 aliphatic rings. The molecule has 0 radical (unpaired) electrons. The molecule has 16 heavy (non-hydrogen) atoms. The van der Waals surface area contributed by atoms with Gasteiger partial charge in [-0.15, -0.1) is 0 Å². The summed E-state index contributed by atoms with van der Waals surface area (Å²) < 4.78 is 0. The van der Waals surface area contributed by atoms with Gasteiger partial charge in [-0.25, -0.2) is 0 Å². The second-order valence-electron chi connectivity index (χ2n) is 5.58. The van der Waals surface area contributed by atoms with Crippen LogP contribution in [-0.2, 0) is 12.8 Å². The predicted octanol–water partition coefficient (Wildman–Crippen LogP) is 4.88. The SMILES string of the molecule is CCc1cc(C(C)C)c(CC(C)C)cc1C. The minimum absolute atomic E-state index is 0.639. The van der Waals surface area contributed by atoms with Gasteiger partial charge in [-0.1, -0.05) is 46.8 Å². The van der Waals surface area contributed by atoms with Gasteiger partial charge in [-0.2, -0.15) is 0 Å². The molecule has 90 valence electrons. The maximum absolute atomic E-state index is 2.43. The quantitative estimate of drug-likeness (QED) is 0.675. The highest BCUT2D eigenvalue weighted by Crippen LogP contribution is 2.26. The molecule has 0 aromatic heterocycles. The molecular formula is C16H26. The van der Waals surface area contributed by atoms with Crippen molar-refractivity contribution in [2.24, 2.45) is 5.92 Å². The van der Waals surface area contributed by atoms with Crippen molar-refractivity contribution in [1.82, 2.24) is 0 Å². The van der Waals surface area contributed by atoms with E-state index in [0.717, 1.165) is 12.3 Å². The summed E-state index contributed by atoms with van der Waals surface area (Å²) >= 11 is 0. The molecule has 0 aliphatic carbocycles. The Kier molecular flexibility index (Phi) is 4.58. The van der Waals surface area contributed by atoms with E-state index in [0.29, 0.717) is 5.92 Å². The van der Waals surface area contributed by atoms with Gasteiger partial charge in [0.25, 0.3) is 0 Å². The second kappa shape index (κ2) is 5.52. The summed E-state index contributed by atoms with van der Waals surface area (Å²) in [4.78, 5) is 0. The van der Waals surface area contributed by atoms with E-state index in [4.69, 9.17) is 0 Å². The Morgan fingerprint density at radius 3 is 2.06 bits per heavy atom. The van der Waals surface area contributed by atoms with Crippen LogP contribution >= 0.6 is 0 Å². The van der Waals surface area contributed by atoms with E-state index in [9.17, 15) is 0 Å². The molecule has 0 bridgehead atoms. The van der Waals surface area contributed by atoms with Gasteiger partial charge in [0, 0.05) is 0 Å². The first-order valence-electron chi connectivity index (χ1n) is 6.58. The normalized spacial score (nSPS) is 11.5. The van der Waals surface area contributed by atoms with Crippen molar-refractivity contribution in [3.63, 3.8) is 0 Å². The first kappa shape index (κ1) is 13.3. The lowest BCUT2D eigenvalue weighted by molar-refractivity contribution is 0.637. The first-order valence-corrected chi connectivity index (χ1v) is 6.58. The van der Waals surface area contributed by atoms with Gasteiger partial charge in [0.15, 0.2) is 0 Å². The van der Waals surface area contributed by atoms with Crippen molar-refractivity contribution in [2.45, 2.75) is 60.3 Å². The van der Waals surface area contributed by atoms with E-state index in [1.165, 1.54) is 17.5 Å². The highest BCUT2D eigenvalue weighted by Gasteiger charge is 2.10. The molecule has 0 saturated carbocycles. The van der Waals surface area contributed by atoms with Crippen molar-refractivity contribution < 1.29 is 0 Å². The van der Waals surface area contributed by atoms with Crippen molar-refractivity contribution in [1.29, 1.82) is 0 Å². The van der Waals surface area contributed by atoms with Crippen molar-refractivity contribution in [2.75, 3.05) is 0 Å². The zero-order valence-corrected chi connectivity index (χ0v) is 11.7. The Balaban J connectivity index is 3.19. The molecule has 0 N–H and O–H groups in total. The van der Waals surface area contributed by atoms with Crippen LogP contribution in [0.5, 0.6) is 0 Å². The highest BCUT2D eigenvalue weighted by molar-refractivity contribution is 5.39. The molecule has 0 nitrogen and oxygen atoms in total. The van der Waals surface area contributed by atoms with Crippen LogP contribution in [0.1, 0.15) is 62.8 Å². The molecule has 0 fully saturated rings. The molecule has 0 saturated heterocycles. The van der Waals surface area contributed by atoms with Crippen LogP contribution in [0, 0.1) is 12.8 Å². The average molecular weight is 218 g/mol. The Bertz CT molecular complexity index is 345. The summed E-state index contributed by atoms with van der Waals surface area (Å²) in [6.45, 7) is 13.7. The standard InChI is InChI=1S/C16H26/c1-7-14-10-16(12(4)5)15(8-11(2)3)9-13(14)6/h9-12H,7-8H2,1-6H3. The Morgan fingerprint density at radius 2 is 1.62 bits per heavy atom. The average Bonchev–Trinajstić information content (AvgIpc) is 2.16. The fourth-order valence-electron chi connectivity index (χ4n) is 2.37. The Morgan fingerprint density at radius 1 is 1.00 bits per heavy atom. The van der Waals surface area contributed by atoms with Gasteiger partial charge in [0.2, 0.25) is 0 Å². The summed E-state index contributed by atoms with van der Waals surface area (Å²) in [5.41, 5.74) is 6.08. The van der Waals surface area contributed by atoms with E-state index in [1.54, 1.807) is 11.1 Å². The summed E-state index contributed by atoms with van der Waals surface area (Å²) in [6, 6.07) is 4.84. The highest BCUT2D eigenvalue weighted by atomic mass is 14.2. The van der Waals surface area contributed by atoms with Crippen LogP contribution in [0.25, 0.3) is 0 Å². The topological polar surface area (TPSA) is 0 Å². The third-order valence-electron chi connectivity index (χ3n) is 3.23. The molecular weight excluding hydrogens is 192 g/mol. The van der Waals surface area contributed by atoms with Crippen LogP contribution in [0.3, 0.4) is 0 Å². The fraction of sp³-hybridized carbons (Fsp3) is 0.625. The first-order chi connectivity index (χ1) is 7.45. The van der Waals surface area contributed by atoms with Crippen LogP contribution < -0.4 is 0 Å². The summed E-state index contributed by atoms with van der Waals surface area (Å²) in [5, 5.41) is 0. The van der Waals surface area contributed by atoms with Crippen LogP contribution in [0.4, 0.5) is 0 Å². The monoisotopic (exact) mass is 218 g/mol. The van der Waals surface area contributed by atoms with Gasteiger partial charge in [-0.05, 0) is 53.9 Å². The third kappa shape index (κ3) is 3.10. The second-order valence-corrected chi connectivity index (χ2v) is 5.58. The Labute approximate surface area is 101 Å². The molecule has 0 heterocycles. The molecule has 1 aromatic rings. The van der Waals surface area contributed by atoms with Gasteiger partial charge < -0.3 is 0 Å². The maximum atomic E-state index is 2.43. The van der Waals surface area contributed by atoms with Gasteiger partial charge in [0.1, 0.15) is 0 Å². The molecule has 0 spiro atoms. The number of aryl methyl sites for hydroxylation is 2. The van der Waals surface area contributed by atoms with Crippen molar-refractivity contribution in [3.8, 4) is 0 Å². The number of hydrogen-bond donors (Lipinski definition) is 0. The minimum atomic E-state index is 0.639. The summed E-state index contributed by atoms with van der Waals surface area (Å²) in [5.74, 6) is 1.38. The van der Waals surface area contributed by atoms with Gasteiger partial charge in [-0.3, -0.25) is 0 Å². The van der Waals surface area contributed by atoms with E-state index in [-0.39, 0.29) is 0 Å². The smallest absolute Gasteiger partial charge is 0.0216 e. The molecule has 1 aromatic carbocycles. The van der Waals surface area contributed by atoms with Gasteiger partial charge in [0.05, 0.1) is 0 Å². The van der Waals surface area contributed by atoms with E-state index < -0.39 is 0 Å². The minimum Gasteiger partial charge on any atom is -0.0625 e. The number of hydrogen-bond acceptors (Lipinski definition) is 0. The van der Waals surface area contributed by atoms with Crippen molar-refractivity contribution >= 4 is 0 Å². The molecule has 0 unspecified atom stereocenters. The van der Waals surface area contributed by atoms with E-state index in [2.05, 4.69) is 53.7 Å². The zero-order chi connectivity index (χ0) is 12.3. The predicted molar refractivity (Wildman–Crippen MR) is 73.2 cm³/mol. The number of benzene rings is 1. The van der Waals surface area contributed by atoms with Crippen molar-refractivity contribution in [3.05, 3.63) is 34.4 Å². The molecule has 0 amide bonds. The van der Waals surface area contributed by atoms with Crippen LogP contribution in [0.2, 0.25) is 0 Å². The van der Waals surface area contributed by atoms with Crippen LogP contribution in [0.15, 0.2) is 12.1 Å². The van der Waals surface area contributed by atoms with E-state index >= 15 is 0 Å². The van der Waals surface area contributed by atoms with Gasteiger partial charge >= 0.3 is 0 Å². The zero-order valence-electron chi connectivity index (χ0n) is 11.7. The molecule has 0 aliphatic heterocycles. The third-order valence-corrected chi connectivity index (χ3v) is 3.23. The summed E-state index contributed by atoms with van der Waals surface area (Å²) in [7, 11) is 0. The maximum Gasteiger partial charge on any atom is -0.0216 e. The fourth-order valence-corrected chi connectivity index (χ4v) is 2.37. The molecule has 0 atom stereocenters. The lowest BCUT2D eigenvalue weighted by atomic mass is 9.88. The Hall–Kier alpha value is -0.780.